The fraction of sp³-hybridized carbons (Fsp3) is 0.167. The van der Waals surface area contributed by atoms with Crippen molar-refractivity contribution in [3.63, 3.8) is 0 Å². The van der Waals surface area contributed by atoms with Gasteiger partial charge in [0.15, 0.2) is 5.65 Å². The number of halogens is 3. The summed E-state index contributed by atoms with van der Waals surface area (Å²) in [6, 6.07) is 10.8. The van der Waals surface area contributed by atoms with E-state index in [1.54, 1.807) is 24.4 Å². The van der Waals surface area contributed by atoms with Crippen LogP contribution < -0.4 is 5.32 Å². The van der Waals surface area contributed by atoms with Crippen molar-refractivity contribution in [2.75, 3.05) is 11.9 Å². The van der Waals surface area contributed by atoms with E-state index >= 15 is 0 Å². The second kappa shape index (κ2) is 6.98. The third-order valence-electron chi connectivity index (χ3n) is 3.82. The zero-order valence-electron chi connectivity index (χ0n) is 13.3. The summed E-state index contributed by atoms with van der Waals surface area (Å²) in [5.74, 6) is 0.148. The van der Waals surface area contributed by atoms with E-state index in [1.165, 1.54) is 12.1 Å². The lowest BCUT2D eigenvalue weighted by atomic mass is 10.0. The van der Waals surface area contributed by atoms with Gasteiger partial charge >= 0.3 is 6.18 Å². The van der Waals surface area contributed by atoms with Crippen molar-refractivity contribution in [1.82, 2.24) is 9.97 Å². The standard InChI is InChI=1S/C18H13F3N4O/c19-18(20,21)14-5-1-3-11(8-14)15(10-26)24-17-13(9-22)7-12-4-2-6-23-16(12)25-17/h1-8,15,26H,10H2,(H,23,24,25). The summed E-state index contributed by atoms with van der Waals surface area (Å²) in [6.07, 6.45) is -2.94. The molecule has 0 amide bonds. The average Bonchev–Trinajstić information content (AvgIpc) is 2.64. The van der Waals surface area contributed by atoms with Crippen LogP contribution >= 0.6 is 0 Å². The normalized spacial score (nSPS) is 12.6. The zero-order chi connectivity index (χ0) is 18.7. The predicted molar refractivity (Wildman–Crippen MR) is 89.1 cm³/mol. The van der Waals surface area contributed by atoms with Crippen LogP contribution in [0.25, 0.3) is 11.0 Å². The molecule has 5 nitrogen and oxygen atoms in total. The van der Waals surface area contributed by atoms with Gasteiger partial charge in [0.25, 0.3) is 0 Å². The first-order valence-electron chi connectivity index (χ1n) is 7.63. The average molecular weight is 358 g/mol. The Kier molecular flexibility index (Phi) is 4.73. The van der Waals surface area contributed by atoms with E-state index in [4.69, 9.17) is 0 Å². The molecule has 1 atom stereocenters. The lowest BCUT2D eigenvalue weighted by molar-refractivity contribution is -0.137. The monoisotopic (exact) mass is 358 g/mol. The molecule has 0 aliphatic rings. The van der Waals surface area contributed by atoms with Crippen LogP contribution in [0.3, 0.4) is 0 Å². The number of alkyl halides is 3. The minimum absolute atomic E-state index is 0.148. The van der Waals surface area contributed by atoms with Crippen molar-refractivity contribution in [3.8, 4) is 6.07 Å². The van der Waals surface area contributed by atoms with Gasteiger partial charge in [0.05, 0.1) is 23.8 Å². The van der Waals surface area contributed by atoms with Crippen LogP contribution in [0.15, 0.2) is 48.7 Å². The van der Waals surface area contributed by atoms with Crippen molar-refractivity contribution < 1.29 is 18.3 Å². The minimum atomic E-state index is -4.49. The van der Waals surface area contributed by atoms with E-state index in [0.717, 1.165) is 12.1 Å². The van der Waals surface area contributed by atoms with Crippen LogP contribution in [0.2, 0.25) is 0 Å². The van der Waals surface area contributed by atoms with Crippen molar-refractivity contribution in [1.29, 1.82) is 5.26 Å². The molecule has 1 aromatic carbocycles. The molecule has 132 valence electrons. The molecule has 26 heavy (non-hydrogen) atoms. The number of fused-ring (bicyclic) bond motifs is 1. The van der Waals surface area contributed by atoms with Crippen LogP contribution in [0.1, 0.15) is 22.7 Å². The Morgan fingerprint density at radius 2 is 2.00 bits per heavy atom. The fourth-order valence-corrected chi connectivity index (χ4v) is 2.53. The summed E-state index contributed by atoms with van der Waals surface area (Å²) in [7, 11) is 0. The van der Waals surface area contributed by atoms with E-state index in [2.05, 4.69) is 15.3 Å². The van der Waals surface area contributed by atoms with Gasteiger partial charge in [-0.2, -0.15) is 18.4 Å². The molecule has 3 rings (SSSR count). The smallest absolute Gasteiger partial charge is 0.394 e. The lowest BCUT2D eigenvalue weighted by Gasteiger charge is -2.19. The number of nitrogens with one attached hydrogen (secondary N) is 1. The molecule has 0 aliphatic heterocycles. The van der Waals surface area contributed by atoms with Crippen LogP contribution in [-0.2, 0) is 6.18 Å². The third kappa shape index (κ3) is 3.58. The number of anilines is 1. The predicted octanol–water partition coefficient (Wildman–Crippen LogP) is 3.67. The zero-order valence-corrected chi connectivity index (χ0v) is 13.3. The Hall–Kier alpha value is -3.18. The number of aliphatic hydroxyl groups excluding tert-OH is 1. The molecule has 1 unspecified atom stereocenters. The van der Waals surface area contributed by atoms with Gasteiger partial charge in [0, 0.05) is 11.6 Å². The molecule has 3 aromatic rings. The summed E-state index contributed by atoms with van der Waals surface area (Å²) in [6.45, 7) is -0.478. The number of pyridine rings is 2. The van der Waals surface area contributed by atoms with Crippen molar-refractivity contribution in [2.45, 2.75) is 12.2 Å². The quantitative estimate of drug-likeness (QED) is 0.744. The number of hydrogen-bond donors (Lipinski definition) is 2. The maximum atomic E-state index is 12.9. The fourth-order valence-electron chi connectivity index (χ4n) is 2.53. The van der Waals surface area contributed by atoms with Crippen molar-refractivity contribution in [2.24, 2.45) is 0 Å². The first-order valence-corrected chi connectivity index (χ1v) is 7.63. The number of nitriles is 1. The molecule has 2 heterocycles. The van der Waals surface area contributed by atoms with Crippen LogP contribution in [-0.4, -0.2) is 21.7 Å². The highest BCUT2D eigenvalue weighted by molar-refractivity contribution is 5.79. The van der Waals surface area contributed by atoms with Gasteiger partial charge in [-0.3, -0.25) is 0 Å². The van der Waals surface area contributed by atoms with Crippen molar-refractivity contribution >= 4 is 16.9 Å². The Labute approximate surface area is 146 Å². The third-order valence-corrected chi connectivity index (χ3v) is 3.82. The second-order valence-corrected chi connectivity index (χ2v) is 5.55. The SMILES string of the molecule is N#Cc1cc2cccnc2nc1NC(CO)c1cccc(C(F)(F)F)c1. The number of benzene rings is 1. The summed E-state index contributed by atoms with van der Waals surface area (Å²) in [5.41, 5.74) is 0.00341. The topological polar surface area (TPSA) is 81.8 Å². The van der Waals surface area contributed by atoms with Gasteiger partial charge in [0.2, 0.25) is 0 Å². The van der Waals surface area contributed by atoms with Gasteiger partial charge < -0.3 is 10.4 Å². The van der Waals surface area contributed by atoms with Gasteiger partial charge in [-0.15, -0.1) is 0 Å². The second-order valence-electron chi connectivity index (χ2n) is 5.55. The van der Waals surface area contributed by atoms with E-state index in [-0.39, 0.29) is 16.9 Å². The number of rotatable bonds is 4. The molecule has 2 N–H and O–H groups in total. The highest BCUT2D eigenvalue weighted by atomic mass is 19.4. The Morgan fingerprint density at radius 1 is 1.19 bits per heavy atom. The van der Waals surface area contributed by atoms with Gasteiger partial charge in [-0.25, -0.2) is 9.97 Å². The Balaban J connectivity index is 1.99. The Bertz CT molecular complexity index is 982. The number of aromatic nitrogens is 2. The molecule has 8 heteroatoms. The number of hydrogen-bond acceptors (Lipinski definition) is 5. The van der Waals surface area contributed by atoms with Gasteiger partial charge in [-0.05, 0) is 35.9 Å². The van der Waals surface area contributed by atoms with Crippen LogP contribution in [0.5, 0.6) is 0 Å². The molecule has 0 spiro atoms. The minimum Gasteiger partial charge on any atom is -0.394 e. The summed E-state index contributed by atoms with van der Waals surface area (Å²) >= 11 is 0. The van der Waals surface area contributed by atoms with Crippen LogP contribution in [0, 0.1) is 11.3 Å². The Morgan fingerprint density at radius 3 is 2.69 bits per heavy atom. The molecule has 2 aromatic heterocycles. The molecule has 0 radical (unpaired) electrons. The molecule has 0 fully saturated rings. The summed E-state index contributed by atoms with van der Waals surface area (Å²) < 4.78 is 38.7. The molecule has 0 aliphatic carbocycles. The maximum Gasteiger partial charge on any atom is 0.416 e. The van der Waals surface area contributed by atoms with Gasteiger partial charge in [-0.1, -0.05) is 12.1 Å². The van der Waals surface area contributed by atoms with E-state index < -0.39 is 24.4 Å². The lowest BCUT2D eigenvalue weighted by Crippen LogP contribution is -2.17. The number of aliphatic hydroxyl groups is 1. The molecular formula is C18H13F3N4O. The van der Waals surface area contributed by atoms with E-state index in [9.17, 15) is 23.5 Å². The maximum absolute atomic E-state index is 12.9. The van der Waals surface area contributed by atoms with Gasteiger partial charge in [0.1, 0.15) is 11.9 Å². The first-order chi connectivity index (χ1) is 12.4. The largest absolute Gasteiger partial charge is 0.416 e. The highest BCUT2D eigenvalue weighted by Crippen LogP contribution is 2.31. The van der Waals surface area contributed by atoms with Crippen LogP contribution in [0.4, 0.5) is 19.0 Å². The highest BCUT2D eigenvalue weighted by Gasteiger charge is 2.31. The van der Waals surface area contributed by atoms with E-state index in [1.807, 2.05) is 6.07 Å². The van der Waals surface area contributed by atoms with E-state index in [0.29, 0.717) is 11.0 Å². The molecule has 0 saturated carbocycles. The molecule has 0 bridgehead atoms. The van der Waals surface area contributed by atoms with Crippen molar-refractivity contribution in [3.05, 3.63) is 65.4 Å². The molecular weight excluding hydrogens is 345 g/mol. The summed E-state index contributed by atoms with van der Waals surface area (Å²) in [5, 5.41) is 22.5. The summed E-state index contributed by atoms with van der Waals surface area (Å²) in [4.78, 5) is 8.35. The first kappa shape index (κ1) is 17.6. The molecule has 0 saturated heterocycles. The number of nitrogens with zero attached hydrogens (tertiary/aromatic N) is 3.